The van der Waals surface area contributed by atoms with Crippen LogP contribution in [0.4, 0.5) is 0 Å². The number of carbonyl (C=O) groups is 2. The summed E-state index contributed by atoms with van der Waals surface area (Å²) in [4.78, 5) is 27.7. The molecule has 5 heteroatoms. The molecule has 5 nitrogen and oxygen atoms in total. The van der Waals surface area contributed by atoms with Crippen molar-refractivity contribution in [3.63, 3.8) is 0 Å². The second-order valence-electron chi connectivity index (χ2n) is 8.36. The van der Waals surface area contributed by atoms with Gasteiger partial charge in [0, 0.05) is 19.0 Å². The SMILES string of the molecule is CCC(C(=O)NC(C)C)N(Cc1ccc(C)cc1)C(=O)CCCOc1ccc(C)cc1. The van der Waals surface area contributed by atoms with E-state index in [9.17, 15) is 9.59 Å². The summed E-state index contributed by atoms with van der Waals surface area (Å²) in [6, 6.07) is 15.5. The predicted molar refractivity (Wildman–Crippen MR) is 125 cm³/mol. The molecule has 31 heavy (non-hydrogen) atoms. The predicted octanol–water partition coefficient (Wildman–Crippen LogP) is 4.79. The van der Waals surface area contributed by atoms with E-state index in [-0.39, 0.29) is 17.9 Å². The number of carbonyl (C=O) groups excluding carboxylic acids is 2. The van der Waals surface area contributed by atoms with Gasteiger partial charge in [0.2, 0.25) is 11.8 Å². The van der Waals surface area contributed by atoms with Gasteiger partial charge in [0.25, 0.3) is 0 Å². The first-order valence-corrected chi connectivity index (χ1v) is 11.1. The zero-order valence-corrected chi connectivity index (χ0v) is 19.5. The third kappa shape index (κ3) is 8.08. The van der Waals surface area contributed by atoms with E-state index in [1.54, 1.807) is 4.90 Å². The summed E-state index contributed by atoms with van der Waals surface area (Å²) >= 11 is 0. The van der Waals surface area contributed by atoms with E-state index in [4.69, 9.17) is 4.74 Å². The number of aryl methyl sites for hydroxylation is 2. The lowest BCUT2D eigenvalue weighted by Crippen LogP contribution is -2.50. The Morgan fingerprint density at radius 1 is 0.968 bits per heavy atom. The molecule has 0 aliphatic rings. The zero-order valence-electron chi connectivity index (χ0n) is 19.5. The van der Waals surface area contributed by atoms with Crippen molar-refractivity contribution in [2.45, 2.75) is 72.5 Å². The molecule has 1 atom stereocenters. The van der Waals surface area contributed by atoms with E-state index in [1.165, 1.54) is 11.1 Å². The van der Waals surface area contributed by atoms with Gasteiger partial charge >= 0.3 is 0 Å². The summed E-state index contributed by atoms with van der Waals surface area (Å²) < 4.78 is 5.76. The Balaban J connectivity index is 2.04. The number of rotatable bonds is 11. The van der Waals surface area contributed by atoms with Gasteiger partial charge in [-0.1, -0.05) is 54.4 Å². The lowest BCUT2D eigenvalue weighted by Gasteiger charge is -2.31. The molecular weight excluding hydrogens is 388 g/mol. The Labute approximate surface area is 186 Å². The zero-order chi connectivity index (χ0) is 22.8. The summed E-state index contributed by atoms with van der Waals surface area (Å²) in [6.45, 7) is 10.7. The van der Waals surface area contributed by atoms with Crippen LogP contribution in [0.15, 0.2) is 48.5 Å². The van der Waals surface area contributed by atoms with Crippen LogP contribution in [0.3, 0.4) is 0 Å². The van der Waals surface area contributed by atoms with Crippen LogP contribution in [-0.4, -0.2) is 35.4 Å². The fourth-order valence-electron chi connectivity index (χ4n) is 3.38. The van der Waals surface area contributed by atoms with Crippen molar-refractivity contribution in [2.24, 2.45) is 0 Å². The highest BCUT2D eigenvalue weighted by molar-refractivity contribution is 5.87. The molecule has 2 aromatic carbocycles. The number of nitrogens with zero attached hydrogens (tertiary/aromatic N) is 1. The minimum Gasteiger partial charge on any atom is -0.494 e. The van der Waals surface area contributed by atoms with Crippen LogP contribution in [0.2, 0.25) is 0 Å². The molecule has 0 aromatic heterocycles. The standard InChI is InChI=1S/C26H36N2O3/c1-6-24(26(30)27-19(2)3)28(18-22-13-9-20(4)10-14-22)25(29)8-7-17-31-23-15-11-21(5)12-16-23/h9-16,19,24H,6-8,17-18H2,1-5H3,(H,27,30). The molecule has 0 heterocycles. The largest absolute Gasteiger partial charge is 0.494 e. The summed E-state index contributed by atoms with van der Waals surface area (Å²) in [5.74, 6) is 0.671. The van der Waals surface area contributed by atoms with E-state index < -0.39 is 6.04 Å². The number of hydrogen-bond acceptors (Lipinski definition) is 3. The van der Waals surface area contributed by atoms with Crippen molar-refractivity contribution >= 4 is 11.8 Å². The number of nitrogens with one attached hydrogen (secondary N) is 1. The lowest BCUT2D eigenvalue weighted by molar-refractivity contribution is -0.141. The van der Waals surface area contributed by atoms with Gasteiger partial charge in [0.1, 0.15) is 11.8 Å². The van der Waals surface area contributed by atoms with Crippen LogP contribution in [0, 0.1) is 13.8 Å². The van der Waals surface area contributed by atoms with Gasteiger partial charge < -0.3 is 15.0 Å². The van der Waals surface area contributed by atoms with E-state index in [1.807, 2.05) is 83.1 Å². The quantitative estimate of drug-likeness (QED) is 0.528. The van der Waals surface area contributed by atoms with Crippen LogP contribution in [0.25, 0.3) is 0 Å². The first-order chi connectivity index (χ1) is 14.8. The van der Waals surface area contributed by atoms with Gasteiger partial charge in [0.05, 0.1) is 6.61 Å². The topological polar surface area (TPSA) is 58.6 Å². The Hall–Kier alpha value is -2.82. The summed E-state index contributed by atoms with van der Waals surface area (Å²) in [5.41, 5.74) is 3.37. The molecule has 0 aliphatic carbocycles. The van der Waals surface area contributed by atoms with Gasteiger partial charge in [0.15, 0.2) is 0 Å². The number of amides is 2. The molecule has 0 bridgehead atoms. The highest BCUT2D eigenvalue weighted by Gasteiger charge is 2.28. The first-order valence-electron chi connectivity index (χ1n) is 11.1. The third-order valence-electron chi connectivity index (χ3n) is 5.12. The molecule has 0 aliphatic heterocycles. The molecule has 1 unspecified atom stereocenters. The highest BCUT2D eigenvalue weighted by Crippen LogP contribution is 2.16. The van der Waals surface area contributed by atoms with Gasteiger partial charge in [-0.05, 0) is 58.2 Å². The number of benzene rings is 2. The summed E-state index contributed by atoms with van der Waals surface area (Å²) in [7, 11) is 0. The van der Waals surface area contributed by atoms with Gasteiger partial charge in [-0.2, -0.15) is 0 Å². The van der Waals surface area contributed by atoms with Gasteiger partial charge in [-0.15, -0.1) is 0 Å². The van der Waals surface area contributed by atoms with Crippen LogP contribution in [0.1, 0.15) is 56.7 Å². The smallest absolute Gasteiger partial charge is 0.243 e. The highest BCUT2D eigenvalue weighted by atomic mass is 16.5. The van der Waals surface area contributed by atoms with E-state index >= 15 is 0 Å². The summed E-state index contributed by atoms with van der Waals surface area (Å²) in [5, 5.41) is 2.96. The minimum atomic E-state index is -0.491. The molecule has 0 spiro atoms. The molecule has 2 amide bonds. The molecule has 0 fully saturated rings. The van der Waals surface area contributed by atoms with Crippen molar-refractivity contribution in [2.75, 3.05) is 6.61 Å². The molecule has 2 aromatic rings. The summed E-state index contributed by atoms with van der Waals surface area (Å²) in [6.07, 6.45) is 1.50. The van der Waals surface area contributed by atoms with Gasteiger partial charge in [-0.3, -0.25) is 9.59 Å². The number of hydrogen-bond donors (Lipinski definition) is 1. The van der Waals surface area contributed by atoms with Crippen molar-refractivity contribution in [3.8, 4) is 5.75 Å². The van der Waals surface area contributed by atoms with E-state index in [0.29, 0.717) is 32.4 Å². The maximum Gasteiger partial charge on any atom is 0.243 e. The maximum atomic E-state index is 13.2. The van der Waals surface area contributed by atoms with Crippen LogP contribution < -0.4 is 10.1 Å². The normalized spacial score (nSPS) is 11.8. The first kappa shape index (κ1) is 24.4. The molecule has 0 saturated carbocycles. The van der Waals surface area contributed by atoms with Crippen molar-refractivity contribution in [1.82, 2.24) is 10.2 Å². The Morgan fingerprint density at radius 3 is 2.10 bits per heavy atom. The van der Waals surface area contributed by atoms with Crippen LogP contribution in [0.5, 0.6) is 5.75 Å². The van der Waals surface area contributed by atoms with Crippen molar-refractivity contribution in [3.05, 3.63) is 65.2 Å². The second kappa shape index (κ2) is 12.1. The average molecular weight is 425 g/mol. The lowest BCUT2D eigenvalue weighted by atomic mass is 10.1. The van der Waals surface area contributed by atoms with Crippen molar-refractivity contribution in [1.29, 1.82) is 0 Å². The molecule has 1 N–H and O–H groups in total. The average Bonchev–Trinajstić information content (AvgIpc) is 2.73. The third-order valence-corrected chi connectivity index (χ3v) is 5.12. The Morgan fingerprint density at radius 2 is 1.55 bits per heavy atom. The van der Waals surface area contributed by atoms with Gasteiger partial charge in [-0.25, -0.2) is 0 Å². The second-order valence-corrected chi connectivity index (χ2v) is 8.36. The fraction of sp³-hybridized carbons (Fsp3) is 0.462. The molecule has 2 rings (SSSR count). The van der Waals surface area contributed by atoms with E-state index in [2.05, 4.69) is 5.32 Å². The number of ether oxygens (including phenoxy) is 1. The van der Waals surface area contributed by atoms with Crippen LogP contribution in [-0.2, 0) is 16.1 Å². The Bertz CT molecular complexity index is 829. The molecule has 0 radical (unpaired) electrons. The fourth-order valence-corrected chi connectivity index (χ4v) is 3.38. The Kier molecular flexibility index (Phi) is 9.57. The molecular formula is C26H36N2O3. The monoisotopic (exact) mass is 424 g/mol. The van der Waals surface area contributed by atoms with Crippen molar-refractivity contribution < 1.29 is 14.3 Å². The maximum absolute atomic E-state index is 13.2. The molecule has 168 valence electrons. The van der Waals surface area contributed by atoms with Crippen LogP contribution >= 0.6 is 0 Å². The molecule has 0 saturated heterocycles. The van der Waals surface area contributed by atoms with E-state index in [0.717, 1.165) is 11.3 Å². The minimum absolute atomic E-state index is 0.0285.